The van der Waals surface area contributed by atoms with Crippen molar-refractivity contribution in [1.29, 1.82) is 0 Å². The van der Waals surface area contributed by atoms with Crippen LogP contribution in [-0.4, -0.2) is 42.1 Å². The fraction of sp³-hybridized carbons (Fsp3) is 0.808. The van der Waals surface area contributed by atoms with Crippen LogP contribution in [0.15, 0.2) is 12.2 Å². The van der Waals surface area contributed by atoms with Crippen molar-refractivity contribution in [3.05, 3.63) is 12.2 Å². The van der Waals surface area contributed by atoms with Gasteiger partial charge in [0.15, 0.2) is 5.78 Å². The largest absolute Gasteiger partial charge is 0.466 e. The molecule has 6 heteroatoms. The molecular formula is C26H44O6. The Kier molecular flexibility index (Phi) is 13.5. The maximum absolute atomic E-state index is 13.0. The van der Waals surface area contributed by atoms with E-state index in [1.165, 1.54) is 0 Å². The molecule has 1 unspecified atom stereocenters. The maximum atomic E-state index is 13.0. The number of Topliss-reactive ketones (excluding diaryl/α,β-unsaturated/α-hetero) is 1. The van der Waals surface area contributed by atoms with Crippen LogP contribution in [0.1, 0.15) is 98.3 Å². The zero-order valence-electron chi connectivity index (χ0n) is 20.6. The lowest BCUT2D eigenvalue weighted by molar-refractivity contribution is -0.161. The number of hydrogen-bond acceptors (Lipinski definition) is 6. The van der Waals surface area contributed by atoms with Crippen molar-refractivity contribution in [2.24, 2.45) is 17.3 Å². The third kappa shape index (κ3) is 8.68. The van der Waals surface area contributed by atoms with Gasteiger partial charge in [0, 0.05) is 18.8 Å². The number of unbranched alkanes of at least 4 members (excludes halogenated alkanes) is 2. The number of esters is 2. The highest BCUT2D eigenvalue weighted by Crippen LogP contribution is 2.47. The zero-order chi connectivity index (χ0) is 24.0. The van der Waals surface area contributed by atoms with E-state index in [9.17, 15) is 19.5 Å². The van der Waals surface area contributed by atoms with Crippen LogP contribution in [0.2, 0.25) is 0 Å². The molecule has 0 aliphatic heterocycles. The average molecular weight is 453 g/mol. The molecule has 0 heterocycles. The minimum atomic E-state index is -1.16. The number of ketones is 1. The summed E-state index contributed by atoms with van der Waals surface area (Å²) in [4.78, 5) is 37.6. The van der Waals surface area contributed by atoms with E-state index < -0.39 is 17.5 Å². The molecule has 0 spiro atoms. The second-order valence-corrected chi connectivity index (χ2v) is 9.05. The van der Waals surface area contributed by atoms with E-state index in [2.05, 4.69) is 13.8 Å². The van der Waals surface area contributed by atoms with Gasteiger partial charge in [0.2, 0.25) is 0 Å². The van der Waals surface area contributed by atoms with Crippen molar-refractivity contribution in [3.63, 3.8) is 0 Å². The summed E-state index contributed by atoms with van der Waals surface area (Å²) in [6, 6.07) is 0. The third-order valence-corrected chi connectivity index (χ3v) is 6.54. The first kappa shape index (κ1) is 28.3. The minimum absolute atomic E-state index is 0.0511. The Morgan fingerprint density at radius 3 is 2.47 bits per heavy atom. The van der Waals surface area contributed by atoms with Crippen LogP contribution >= 0.6 is 0 Å². The quantitative estimate of drug-likeness (QED) is 0.150. The normalized spacial score (nSPS) is 22.8. The predicted octanol–water partition coefficient (Wildman–Crippen LogP) is 5.16. The van der Waals surface area contributed by atoms with Crippen molar-refractivity contribution >= 4 is 17.7 Å². The number of ether oxygens (including phenoxy) is 2. The lowest BCUT2D eigenvalue weighted by atomic mass is 9.71. The Morgan fingerprint density at radius 2 is 1.81 bits per heavy atom. The highest BCUT2D eigenvalue weighted by Gasteiger charge is 2.55. The number of carbonyl (C=O) groups excluding carboxylic acids is 3. The molecule has 1 fully saturated rings. The van der Waals surface area contributed by atoms with Gasteiger partial charge in [0.05, 0.1) is 19.3 Å². The fourth-order valence-electron chi connectivity index (χ4n) is 4.58. The van der Waals surface area contributed by atoms with Crippen molar-refractivity contribution in [1.82, 2.24) is 0 Å². The van der Waals surface area contributed by atoms with Gasteiger partial charge in [-0.2, -0.15) is 0 Å². The maximum Gasteiger partial charge on any atom is 0.320 e. The van der Waals surface area contributed by atoms with Crippen LogP contribution in [-0.2, 0) is 23.9 Å². The first-order chi connectivity index (χ1) is 15.3. The lowest BCUT2D eigenvalue weighted by Crippen LogP contribution is -2.42. The van der Waals surface area contributed by atoms with E-state index in [0.717, 1.165) is 32.1 Å². The summed E-state index contributed by atoms with van der Waals surface area (Å²) in [5.74, 6) is -0.646. The van der Waals surface area contributed by atoms with Gasteiger partial charge in [-0.05, 0) is 51.9 Å². The van der Waals surface area contributed by atoms with E-state index >= 15 is 0 Å². The average Bonchev–Trinajstić information content (AvgIpc) is 3.07. The van der Waals surface area contributed by atoms with Gasteiger partial charge in [0.25, 0.3) is 0 Å². The Labute approximate surface area is 194 Å². The van der Waals surface area contributed by atoms with Crippen LogP contribution in [0.3, 0.4) is 0 Å². The fourth-order valence-corrected chi connectivity index (χ4v) is 4.58. The highest BCUT2D eigenvalue weighted by atomic mass is 16.5. The van der Waals surface area contributed by atoms with E-state index in [-0.39, 0.29) is 30.2 Å². The number of aliphatic hydroxyl groups is 1. The molecule has 0 saturated heterocycles. The molecule has 184 valence electrons. The second-order valence-electron chi connectivity index (χ2n) is 9.05. The highest BCUT2D eigenvalue weighted by molar-refractivity contribution is 6.06. The van der Waals surface area contributed by atoms with Crippen LogP contribution < -0.4 is 0 Å². The standard InChI is InChI=1S/C26H44O6/c1-5-8-9-12-22(27)16-14-21-15-17-23(28)26(21,25(30)32-7-3)19-18-20(4)11-10-13-24(29)31-6-2/h14,16,20-22,27H,5-13,15,17-19H2,1-4H3/b16-14+/t20?,21-,22-,26-/m0/s1. The molecule has 0 amide bonds. The molecule has 1 aliphatic carbocycles. The smallest absolute Gasteiger partial charge is 0.320 e. The van der Waals surface area contributed by atoms with Crippen molar-refractivity contribution in [2.75, 3.05) is 13.2 Å². The zero-order valence-corrected chi connectivity index (χ0v) is 20.6. The molecule has 4 atom stereocenters. The number of allylic oxidation sites excluding steroid dienone is 1. The molecule has 1 N–H and O–H groups in total. The lowest BCUT2D eigenvalue weighted by Gasteiger charge is -2.31. The molecule has 0 bridgehead atoms. The van der Waals surface area contributed by atoms with Gasteiger partial charge in [-0.3, -0.25) is 14.4 Å². The molecule has 6 nitrogen and oxygen atoms in total. The molecule has 0 aromatic carbocycles. The number of carbonyl (C=O) groups is 3. The monoisotopic (exact) mass is 452 g/mol. The SMILES string of the molecule is CCCCC[C@H](O)/C=C/[C@H]1CCC(=O)[C@@]1(CCC(C)CCCC(=O)OCC)C(=O)OCC. The van der Waals surface area contributed by atoms with Crippen molar-refractivity contribution in [2.45, 2.75) is 104 Å². The molecule has 32 heavy (non-hydrogen) atoms. The number of aliphatic hydroxyl groups excluding tert-OH is 1. The topological polar surface area (TPSA) is 89.9 Å². The molecule has 0 aromatic heterocycles. The van der Waals surface area contributed by atoms with Crippen LogP contribution in [0.5, 0.6) is 0 Å². The van der Waals surface area contributed by atoms with Crippen molar-refractivity contribution in [3.8, 4) is 0 Å². The molecule has 1 rings (SSSR count). The van der Waals surface area contributed by atoms with Gasteiger partial charge in [-0.25, -0.2) is 0 Å². The van der Waals surface area contributed by atoms with E-state index in [1.807, 2.05) is 6.08 Å². The summed E-state index contributed by atoms with van der Waals surface area (Å²) in [6.07, 6.45) is 11.0. The molecular weight excluding hydrogens is 408 g/mol. The van der Waals surface area contributed by atoms with E-state index in [1.54, 1.807) is 19.9 Å². The Hall–Kier alpha value is -1.69. The Balaban J connectivity index is 2.82. The number of hydrogen-bond donors (Lipinski definition) is 1. The van der Waals surface area contributed by atoms with Crippen LogP contribution in [0.25, 0.3) is 0 Å². The van der Waals surface area contributed by atoms with Crippen LogP contribution in [0.4, 0.5) is 0 Å². The third-order valence-electron chi connectivity index (χ3n) is 6.54. The van der Waals surface area contributed by atoms with Gasteiger partial charge < -0.3 is 14.6 Å². The summed E-state index contributed by atoms with van der Waals surface area (Å²) < 4.78 is 10.3. The first-order valence-corrected chi connectivity index (χ1v) is 12.5. The van der Waals surface area contributed by atoms with E-state index in [0.29, 0.717) is 45.1 Å². The van der Waals surface area contributed by atoms with Gasteiger partial charge in [-0.15, -0.1) is 0 Å². The summed E-state index contributed by atoms with van der Waals surface area (Å²) in [5.41, 5.74) is -1.16. The summed E-state index contributed by atoms with van der Waals surface area (Å²) in [7, 11) is 0. The Morgan fingerprint density at radius 1 is 1.09 bits per heavy atom. The number of rotatable bonds is 16. The molecule has 0 aromatic rings. The summed E-state index contributed by atoms with van der Waals surface area (Å²) in [5, 5.41) is 10.3. The molecule has 1 aliphatic rings. The van der Waals surface area contributed by atoms with Gasteiger partial charge in [-0.1, -0.05) is 51.7 Å². The van der Waals surface area contributed by atoms with Gasteiger partial charge >= 0.3 is 11.9 Å². The van der Waals surface area contributed by atoms with Crippen molar-refractivity contribution < 1.29 is 29.0 Å². The first-order valence-electron chi connectivity index (χ1n) is 12.5. The molecule has 0 radical (unpaired) electrons. The minimum Gasteiger partial charge on any atom is -0.466 e. The summed E-state index contributed by atoms with van der Waals surface area (Å²) >= 11 is 0. The summed E-state index contributed by atoms with van der Waals surface area (Å²) in [6.45, 7) is 8.39. The predicted molar refractivity (Wildman–Crippen MR) is 125 cm³/mol. The van der Waals surface area contributed by atoms with E-state index in [4.69, 9.17) is 9.47 Å². The Bertz CT molecular complexity index is 613. The van der Waals surface area contributed by atoms with Crippen LogP contribution in [0, 0.1) is 17.3 Å². The van der Waals surface area contributed by atoms with Gasteiger partial charge in [0.1, 0.15) is 5.41 Å². The molecule has 1 saturated carbocycles. The second kappa shape index (κ2) is 15.2.